The molecule has 0 unspecified atom stereocenters. The van der Waals surface area contributed by atoms with Gasteiger partial charge in [-0.15, -0.1) is 0 Å². The van der Waals surface area contributed by atoms with Gasteiger partial charge in [-0.3, -0.25) is 0 Å². The number of quaternary nitrogens is 1. The summed E-state index contributed by atoms with van der Waals surface area (Å²) in [6.07, 6.45) is 48.4. The van der Waals surface area contributed by atoms with E-state index in [1.165, 1.54) is 208 Å². The first-order chi connectivity index (χ1) is 25.3. The van der Waals surface area contributed by atoms with E-state index in [1.54, 1.807) is 0 Å². The monoisotopic (exact) mass is 699 g/mol. The minimum absolute atomic E-state index is 1.16. The van der Waals surface area contributed by atoms with E-state index in [9.17, 15) is 0 Å². The highest BCUT2D eigenvalue weighted by Gasteiger charge is 2.27. The van der Waals surface area contributed by atoms with Crippen molar-refractivity contribution in [2.45, 2.75) is 207 Å². The zero-order chi connectivity index (χ0) is 36.2. The quantitative estimate of drug-likeness (QED) is 0.0377. The minimum atomic E-state index is 1.16. The molecule has 0 heterocycles. The summed E-state index contributed by atoms with van der Waals surface area (Å²) >= 11 is 0. The van der Waals surface area contributed by atoms with Crippen molar-refractivity contribution in [1.82, 2.24) is 0 Å². The van der Waals surface area contributed by atoms with Gasteiger partial charge >= 0.3 is 0 Å². The molecule has 288 valence electrons. The third kappa shape index (κ3) is 26.3. The van der Waals surface area contributed by atoms with E-state index in [2.05, 4.69) is 98.8 Å². The molecule has 0 spiro atoms. The molecule has 0 saturated carbocycles. The molecule has 2 aromatic carbocycles. The van der Waals surface area contributed by atoms with E-state index >= 15 is 0 Å². The molecule has 0 radical (unpaired) electrons. The van der Waals surface area contributed by atoms with Gasteiger partial charge in [-0.2, -0.15) is 0 Å². The molecule has 0 atom stereocenters. The smallest absolute Gasteiger partial charge is 0.105 e. The molecule has 0 fully saturated rings. The van der Waals surface area contributed by atoms with Crippen LogP contribution in [0.5, 0.6) is 0 Å². The highest BCUT2D eigenvalue weighted by atomic mass is 15.3. The van der Waals surface area contributed by atoms with Crippen LogP contribution in [0.25, 0.3) is 0 Å². The van der Waals surface area contributed by atoms with E-state index in [1.807, 2.05) is 0 Å². The summed E-state index contributed by atoms with van der Waals surface area (Å²) in [4.78, 5) is 0. The fraction of sp³-hybridized carbons (Fsp3) is 0.680. The van der Waals surface area contributed by atoms with Crippen molar-refractivity contribution < 1.29 is 4.48 Å². The summed E-state index contributed by atoms with van der Waals surface area (Å²) in [7, 11) is 0. The molecule has 0 amide bonds. The third-order valence-electron chi connectivity index (χ3n) is 11.0. The molecule has 0 saturated heterocycles. The Bertz CT molecular complexity index is 952. The second-order valence-electron chi connectivity index (χ2n) is 16.0. The summed E-state index contributed by atoms with van der Waals surface area (Å²) in [6.45, 7) is 9.51. The lowest BCUT2D eigenvalue weighted by Crippen LogP contribution is -2.48. The van der Waals surface area contributed by atoms with E-state index in [-0.39, 0.29) is 0 Å². The Morgan fingerprint density at radius 1 is 0.333 bits per heavy atom. The normalized spacial score (nSPS) is 12.1. The number of benzene rings is 2. The Morgan fingerprint density at radius 2 is 0.608 bits per heavy atom. The maximum absolute atomic E-state index is 2.47. The van der Waals surface area contributed by atoms with E-state index in [0.29, 0.717) is 0 Å². The number of hydrogen-bond acceptors (Lipinski definition) is 0. The minimum Gasteiger partial charge on any atom is -0.316 e. The van der Waals surface area contributed by atoms with Crippen molar-refractivity contribution in [3.63, 3.8) is 0 Å². The van der Waals surface area contributed by atoms with E-state index < -0.39 is 0 Å². The zero-order valence-electron chi connectivity index (χ0n) is 34.2. The number of hydrogen-bond donors (Lipinski definition) is 0. The van der Waals surface area contributed by atoms with Gasteiger partial charge in [0.05, 0.1) is 13.1 Å². The van der Waals surface area contributed by atoms with Crippen LogP contribution in [0.4, 0.5) is 0 Å². The first-order valence-electron chi connectivity index (χ1n) is 22.5. The van der Waals surface area contributed by atoms with Gasteiger partial charge in [0.15, 0.2) is 0 Å². The van der Waals surface area contributed by atoms with Crippen molar-refractivity contribution >= 4 is 0 Å². The molecule has 0 aliphatic rings. The number of rotatable bonds is 36. The topological polar surface area (TPSA) is 0 Å². The van der Waals surface area contributed by atoms with Crippen LogP contribution in [0, 0.1) is 0 Å². The highest BCUT2D eigenvalue weighted by molar-refractivity contribution is 5.15. The van der Waals surface area contributed by atoms with Crippen molar-refractivity contribution in [3.8, 4) is 0 Å². The molecule has 0 N–H and O–H groups in total. The summed E-state index contributed by atoms with van der Waals surface area (Å²) in [5.41, 5.74) is 3.00. The molecule has 0 bridgehead atoms. The third-order valence-corrected chi connectivity index (χ3v) is 11.0. The van der Waals surface area contributed by atoms with Crippen LogP contribution in [0.1, 0.15) is 205 Å². The molecule has 0 aliphatic heterocycles. The van der Waals surface area contributed by atoms with Gasteiger partial charge in [0.2, 0.25) is 0 Å². The van der Waals surface area contributed by atoms with Gasteiger partial charge < -0.3 is 4.48 Å². The molecule has 2 aromatic rings. The SMILES string of the molecule is CCCCCCCCC/C=C/CCCCCCC[N+](CCCCCCC/C=C/CCCCCCCCC)(Cc1ccccc1)Cc1ccccc1. The molecular weight excluding hydrogens is 615 g/mol. The lowest BCUT2D eigenvalue weighted by atomic mass is 10.0. The fourth-order valence-corrected chi connectivity index (χ4v) is 7.81. The Kier molecular flexibility index (Phi) is 29.8. The predicted molar refractivity (Wildman–Crippen MR) is 229 cm³/mol. The molecule has 51 heavy (non-hydrogen) atoms. The standard InChI is InChI=1S/C50H84N/c1-3-5-7-9-11-13-15-17-19-21-23-25-27-29-31-39-45-51(47-49-41-35-33-36-42-49,48-50-43-37-34-38-44-50)46-40-32-30-28-26-24-22-20-18-16-14-12-10-8-6-4-2/h19-22,33-38,41-44H,3-18,23-32,39-40,45-48H2,1-2H3/q+1/b21-19+,22-20+. The first-order valence-corrected chi connectivity index (χ1v) is 22.5. The Balaban J connectivity index is 1.72. The summed E-state index contributed by atoms with van der Waals surface area (Å²) in [6, 6.07) is 22.7. The average molecular weight is 699 g/mol. The van der Waals surface area contributed by atoms with E-state index in [4.69, 9.17) is 0 Å². The van der Waals surface area contributed by atoms with Crippen LogP contribution in [0.3, 0.4) is 0 Å². The summed E-state index contributed by atoms with van der Waals surface area (Å²) in [5, 5.41) is 0. The molecule has 0 aliphatic carbocycles. The van der Waals surface area contributed by atoms with Gasteiger partial charge in [0.1, 0.15) is 13.1 Å². The zero-order valence-corrected chi connectivity index (χ0v) is 34.2. The first kappa shape index (κ1) is 45.0. The maximum atomic E-state index is 2.47. The van der Waals surface area contributed by atoms with Crippen molar-refractivity contribution in [1.29, 1.82) is 0 Å². The Hall–Kier alpha value is -2.12. The second-order valence-corrected chi connectivity index (χ2v) is 16.0. The largest absolute Gasteiger partial charge is 0.316 e. The van der Waals surface area contributed by atoms with Gasteiger partial charge in [-0.1, -0.05) is 202 Å². The van der Waals surface area contributed by atoms with Crippen LogP contribution < -0.4 is 0 Å². The average Bonchev–Trinajstić information content (AvgIpc) is 3.15. The fourth-order valence-electron chi connectivity index (χ4n) is 7.81. The van der Waals surface area contributed by atoms with Crippen LogP contribution in [0.15, 0.2) is 85.0 Å². The van der Waals surface area contributed by atoms with Crippen molar-refractivity contribution in [2.75, 3.05) is 13.1 Å². The number of allylic oxidation sites excluding steroid dienone is 4. The van der Waals surface area contributed by atoms with Gasteiger partial charge in [0.25, 0.3) is 0 Å². The molecule has 2 rings (SSSR count). The number of unbranched alkanes of at least 4 members (excludes halogenated alkanes) is 24. The molecule has 0 aromatic heterocycles. The van der Waals surface area contributed by atoms with Gasteiger partial charge in [-0.05, 0) is 77.0 Å². The van der Waals surface area contributed by atoms with Crippen molar-refractivity contribution in [3.05, 3.63) is 96.1 Å². The van der Waals surface area contributed by atoms with E-state index in [0.717, 1.165) is 13.1 Å². The van der Waals surface area contributed by atoms with Crippen LogP contribution in [0.2, 0.25) is 0 Å². The van der Waals surface area contributed by atoms with Gasteiger partial charge in [0, 0.05) is 11.1 Å². The Morgan fingerprint density at radius 3 is 0.922 bits per heavy atom. The van der Waals surface area contributed by atoms with Crippen LogP contribution >= 0.6 is 0 Å². The lowest BCUT2D eigenvalue weighted by Gasteiger charge is -2.39. The maximum Gasteiger partial charge on any atom is 0.105 e. The molecule has 1 heteroatoms. The van der Waals surface area contributed by atoms with Gasteiger partial charge in [-0.25, -0.2) is 0 Å². The van der Waals surface area contributed by atoms with Crippen molar-refractivity contribution in [2.24, 2.45) is 0 Å². The summed E-state index contributed by atoms with van der Waals surface area (Å²) < 4.78 is 1.21. The predicted octanol–water partition coefficient (Wildman–Crippen LogP) is 16.3. The number of nitrogens with zero attached hydrogens (tertiary/aromatic N) is 1. The van der Waals surface area contributed by atoms with Crippen LogP contribution in [-0.4, -0.2) is 17.6 Å². The van der Waals surface area contributed by atoms with Crippen LogP contribution in [-0.2, 0) is 13.1 Å². The molecular formula is C50H84N+. The Labute approximate surface area is 319 Å². The second kappa shape index (κ2) is 33.7. The lowest BCUT2D eigenvalue weighted by molar-refractivity contribution is -0.954. The summed E-state index contributed by atoms with van der Waals surface area (Å²) in [5.74, 6) is 0. The molecule has 1 nitrogen and oxygen atoms in total. The highest BCUT2D eigenvalue weighted by Crippen LogP contribution is 2.24.